The highest BCUT2D eigenvalue weighted by atomic mass is 16.4. The number of aliphatic carboxylic acids is 1. The zero-order valence-electron chi connectivity index (χ0n) is 11.1. The van der Waals surface area contributed by atoms with Crippen LogP contribution < -0.4 is 0 Å². The van der Waals surface area contributed by atoms with Crippen LogP contribution in [-0.4, -0.2) is 35.0 Å². The molecular formula is C15H21NO3. The van der Waals surface area contributed by atoms with Crippen LogP contribution in [0.1, 0.15) is 32.1 Å². The number of piperidine rings is 1. The first-order chi connectivity index (χ1) is 9.16. The number of carboxylic acids is 1. The molecule has 4 nitrogen and oxygen atoms in total. The second kappa shape index (κ2) is 3.97. The minimum absolute atomic E-state index is 0.263. The molecule has 3 saturated carbocycles. The molecule has 3 aliphatic carbocycles. The molecule has 104 valence electrons. The van der Waals surface area contributed by atoms with E-state index < -0.39 is 5.97 Å². The lowest BCUT2D eigenvalue weighted by atomic mass is 9.96. The number of carbonyl (C=O) groups excluding carboxylic acids is 1. The van der Waals surface area contributed by atoms with Gasteiger partial charge in [-0.2, -0.15) is 0 Å². The van der Waals surface area contributed by atoms with Crippen molar-refractivity contribution >= 4 is 11.9 Å². The van der Waals surface area contributed by atoms with Gasteiger partial charge < -0.3 is 10.0 Å². The van der Waals surface area contributed by atoms with E-state index in [1.807, 2.05) is 4.90 Å². The topological polar surface area (TPSA) is 57.6 Å². The summed E-state index contributed by atoms with van der Waals surface area (Å²) in [5.74, 6) is 2.40. The van der Waals surface area contributed by atoms with Gasteiger partial charge in [-0.3, -0.25) is 9.59 Å². The van der Waals surface area contributed by atoms with Crippen LogP contribution in [-0.2, 0) is 9.59 Å². The molecule has 0 unspecified atom stereocenters. The Balaban J connectivity index is 1.43. The van der Waals surface area contributed by atoms with Gasteiger partial charge in [0.1, 0.15) is 0 Å². The standard InChI is InChI=1S/C15H21NO3/c17-14(16-5-1-2-10(7-16)15(18)19)13-11-8-3-4-9(6-8)12(11)13/h8-13H,1-7H2,(H,18,19)/t8-,9-,10+,11+,12+/m0/s1. The van der Waals surface area contributed by atoms with Gasteiger partial charge >= 0.3 is 5.97 Å². The number of fused-ring (bicyclic) bond motifs is 5. The van der Waals surface area contributed by atoms with E-state index in [0.717, 1.165) is 31.2 Å². The Morgan fingerprint density at radius 1 is 1.05 bits per heavy atom. The van der Waals surface area contributed by atoms with Crippen molar-refractivity contribution in [2.45, 2.75) is 32.1 Å². The fourth-order valence-corrected chi connectivity index (χ4v) is 5.24. The molecule has 4 aliphatic rings. The maximum absolute atomic E-state index is 12.6. The lowest BCUT2D eigenvalue weighted by Gasteiger charge is -2.31. The zero-order valence-corrected chi connectivity index (χ0v) is 11.1. The summed E-state index contributed by atoms with van der Waals surface area (Å²) >= 11 is 0. The summed E-state index contributed by atoms with van der Waals surface area (Å²) in [6, 6.07) is 0. The molecule has 19 heavy (non-hydrogen) atoms. The first-order valence-corrected chi connectivity index (χ1v) is 7.68. The predicted octanol–water partition coefficient (Wildman–Crippen LogP) is 1.60. The summed E-state index contributed by atoms with van der Waals surface area (Å²) in [7, 11) is 0. The fourth-order valence-electron chi connectivity index (χ4n) is 5.24. The highest BCUT2D eigenvalue weighted by Crippen LogP contribution is 2.69. The Hall–Kier alpha value is -1.06. The Kier molecular flexibility index (Phi) is 2.45. The molecule has 4 heteroatoms. The van der Waals surface area contributed by atoms with Gasteiger partial charge in [0, 0.05) is 19.0 Å². The van der Waals surface area contributed by atoms with E-state index in [1.165, 1.54) is 19.3 Å². The SMILES string of the molecule is O=C(O)[C@@H]1CCCN(C(=O)C2[C@@H]3[C@H]4CC[C@@H](C4)[C@@H]23)C1. The molecule has 4 rings (SSSR count). The van der Waals surface area contributed by atoms with Crippen molar-refractivity contribution in [1.82, 2.24) is 4.90 Å². The van der Waals surface area contributed by atoms with Crippen molar-refractivity contribution in [3.8, 4) is 0 Å². The second-order valence-electron chi connectivity index (χ2n) is 6.98. The third-order valence-electron chi connectivity index (χ3n) is 6.10. The number of hydrogen-bond donors (Lipinski definition) is 1. The number of carboxylic acid groups (broad SMARTS) is 1. The molecule has 1 aliphatic heterocycles. The molecule has 1 saturated heterocycles. The molecular weight excluding hydrogens is 242 g/mol. The average Bonchev–Trinajstić information content (AvgIpc) is 2.85. The van der Waals surface area contributed by atoms with E-state index in [9.17, 15) is 9.59 Å². The molecule has 0 aromatic carbocycles. The monoisotopic (exact) mass is 263 g/mol. The smallest absolute Gasteiger partial charge is 0.308 e. The van der Waals surface area contributed by atoms with E-state index in [0.29, 0.717) is 18.4 Å². The van der Waals surface area contributed by atoms with Crippen molar-refractivity contribution in [3.63, 3.8) is 0 Å². The van der Waals surface area contributed by atoms with E-state index in [2.05, 4.69) is 0 Å². The van der Waals surface area contributed by atoms with E-state index in [4.69, 9.17) is 5.11 Å². The van der Waals surface area contributed by atoms with Gasteiger partial charge in [0.15, 0.2) is 0 Å². The number of carbonyl (C=O) groups is 2. The lowest BCUT2D eigenvalue weighted by molar-refractivity contribution is -0.146. The van der Waals surface area contributed by atoms with Crippen molar-refractivity contribution < 1.29 is 14.7 Å². The second-order valence-corrected chi connectivity index (χ2v) is 6.98. The number of hydrogen-bond acceptors (Lipinski definition) is 2. The quantitative estimate of drug-likeness (QED) is 0.823. The zero-order chi connectivity index (χ0) is 13.1. The molecule has 0 spiro atoms. The number of rotatable bonds is 2. The number of amides is 1. The molecule has 0 radical (unpaired) electrons. The third kappa shape index (κ3) is 1.65. The predicted molar refractivity (Wildman–Crippen MR) is 68.2 cm³/mol. The largest absolute Gasteiger partial charge is 0.481 e. The molecule has 0 aromatic heterocycles. The van der Waals surface area contributed by atoms with Crippen molar-refractivity contribution in [1.29, 1.82) is 0 Å². The summed E-state index contributed by atoms with van der Waals surface area (Å²) in [5.41, 5.74) is 0. The minimum Gasteiger partial charge on any atom is -0.481 e. The fraction of sp³-hybridized carbons (Fsp3) is 0.867. The summed E-state index contributed by atoms with van der Waals surface area (Å²) in [6.45, 7) is 1.22. The van der Waals surface area contributed by atoms with Gasteiger partial charge in [0.05, 0.1) is 5.92 Å². The maximum atomic E-state index is 12.6. The Labute approximate surface area is 113 Å². The van der Waals surface area contributed by atoms with Gasteiger partial charge in [-0.1, -0.05) is 0 Å². The first-order valence-electron chi connectivity index (χ1n) is 7.68. The van der Waals surface area contributed by atoms with Gasteiger partial charge in [0.25, 0.3) is 0 Å². The summed E-state index contributed by atoms with van der Waals surface area (Å²) in [5, 5.41) is 9.11. The first kappa shape index (κ1) is 11.7. The molecule has 1 N–H and O–H groups in total. The Morgan fingerprint density at radius 3 is 2.37 bits per heavy atom. The van der Waals surface area contributed by atoms with Crippen molar-refractivity contribution in [2.24, 2.45) is 35.5 Å². The van der Waals surface area contributed by atoms with E-state index in [1.54, 1.807) is 0 Å². The maximum Gasteiger partial charge on any atom is 0.308 e. The van der Waals surface area contributed by atoms with Gasteiger partial charge in [-0.05, 0) is 55.8 Å². The summed E-state index contributed by atoms with van der Waals surface area (Å²) in [6.07, 6.45) is 5.58. The van der Waals surface area contributed by atoms with Gasteiger partial charge in [-0.25, -0.2) is 0 Å². The van der Waals surface area contributed by atoms with Crippen LogP contribution in [0.4, 0.5) is 0 Å². The highest BCUT2D eigenvalue weighted by molar-refractivity contribution is 5.83. The lowest BCUT2D eigenvalue weighted by Crippen LogP contribution is -2.43. The summed E-state index contributed by atoms with van der Waals surface area (Å²) < 4.78 is 0. The number of likely N-dealkylation sites (tertiary alicyclic amines) is 1. The Morgan fingerprint density at radius 2 is 1.74 bits per heavy atom. The highest BCUT2D eigenvalue weighted by Gasteiger charge is 2.68. The molecule has 4 fully saturated rings. The minimum atomic E-state index is -0.742. The summed E-state index contributed by atoms with van der Waals surface area (Å²) in [4.78, 5) is 25.5. The van der Waals surface area contributed by atoms with Gasteiger partial charge in [0.2, 0.25) is 5.91 Å². The Bertz CT molecular complexity index is 419. The third-order valence-corrected chi connectivity index (χ3v) is 6.10. The van der Waals surface area contributed by atoms with Crippen LogP contribution in [0.3, 0.4) is 0 Å². The average molecular weight is 263 g/mol. The van der Waals surface area contributed by atoms with Crippen LogP contribution in [0.25, 0.3) is 0 Å². The van der Waals surface area contributed by atoms with Crippen molar-refractivity contribution in [2.75, 3.05) is 13.1 Å². The van der Waals surface area contributed by atoms with Crippen LogP contribution in [0.2, 0.25) is 0 Å². The van der Waals surface area contributed by atoms with Crippen molar-refractivity contribution in [3.05, 3.63) is 0 Å². The van der Waals surface area contributed by atoms with Crippen LogP contribution in [0, 0.1) is 35.5 Å². The molecule has 2 bridgehead atoms. The van der Waals surface area contributed by atoms with Crippen LogP contribution >= 0.6 is 0 Å². The van der Waals surface area contributed by atoms with Crippen LogP contribution in [0.5, 0.6) is 0 Å². The van der Waals surface area contributed by atoms with Gasteiger partial charge in [-0.15, -0.1) is 0 Å². The molecule has 1 amide bonds. The van der Waals surface area contributed by atoms with E-state index in [-0.39, 0.29) is 17.7 Å². The van der Waals surface area contributed by atoms with E-state index >= 15 is 0 Å². The molecule has 0 aromatic rings. The van der Waals surface area contributed by atoms with Crippen LogP contribution in [0.15, 0.2) is 0 Å². The number of nitrogens with zero attached hydrogens (tertiary/aromatic N) is 1. The molecule has 1 heterocycles. The normalized spacial score (nSPS) is 47.1. The molecule has 5 atom stereocenters.